The minimum atomic E-state index is 0.0298. The minimum Gasteiger partial charge on any atom is -0.362 e. The summed E-state index contributed by atoms with van der Waals surface area (Å²) in [5.74, 6) is 0.0298. The number of pyridine rings is 1. The van der Waals surface area contributed by atoms with Crippen molar-refractivity contribution in [2.24, 2.45) is 0 Å². The monoisotopic (exact) mass is 232 g/mol. The molecule has 1 heterocycles. The highest BCUT2D eigenvalue weighted by molar-refractivity contribution is 5.81. The van der Waals surface area contributed by atoms with Crippen LogP contribution in [0.1, 0.15) is 12.6 Å². The van der Waals surface area contributed by atoms with Crippen LogP contribution in [0.25, 0.3) is 0 Å². The molecule has 0 unspecified atom stereocenters. The number of carbonyl (C=O) groups is 1. The molecule has 0 spiro atoms. The van der Waals surface area contributed by atoms with Crippen molar-refractivity contribution in [2.45, 2.75) is 6.92 Å². The Morgan fingerprint density at radius 2 is 2.24 bits per heavy atom. The molecular weight excluding hydrogens is 216 g/mol. The van der Waals surface area contributed by atoms with Gasteiger partial charge in [-0.3, -0.25) is 4.79 Å². The number of carbonyl (C=O) groups excluding carboxylic acids is 1. The SMILES string of the molecule is CCN(CC(=O)N(C)C)c1ccnc(C#N)c1. The summed E-state index contributed by atoms with van der Waals surface area (Å²) < 4.78 is 0. The average Bonchev–Trinajstić information content (AvgIpc) is 2.35. The predicted molar refractivity (Wildman–Crippen MR) is 65.5 cm³/mol. The molecule has 0 aromatic carbocycles. The zero-order valence-corrected chi connectivity index (χ0v) is 10.3. The molecular formula is C12H16N4O. The Labute approximate surface area is 101 Å². The van der Waals surface area contributed by atoms with Crippen molar-refractivity contribution < 1.29 is 4.79 Å². The third kappa shape index (κ3) is 3.45. The van der Waals surface area contributed by atoms with Crippen molar-refractivity contribution in [2.75, 3.05) is 32.1 Å². The van der Waals surface area contributed by atoms with Gasteiger partial charge in [0, 0.05) is 32.5 Å². The van der Waals surface area contributed by atoms with Gasteiger partial charge >= 0.3 is 0 Å². The zero-order valence-electron chi connectivity index (χ0n) is 10.3. The predicted octanol–water partition coefficient (Wildman–Crippen LogP) is 0.868. The minimum absolute atomic E-state index is 0.0298. The summed E-state index contributed by atoms with van der Waals surface area (Å²) in [4.78, 5) is 19.0. The van der Waals surface area contributed by atoms with Crippen LogP contribution in [0.2, 0.25) is 0 Å². The van der Waals surface area contributed by atoms with E-state index in [2.05, 4.69) is 4.98 Å². The number of aromatic nitrogens is 1. The van der Waals surface area contributed by atoms with Crippen molar-refractivity contribution in [1.29, 1.82) is 5.26 Å². The fourth-order valence-corrected chi connectivity index (χ4v) is 1.37. The van der Waals surface area contributed by atoms with E-state index in [4.69, 9.17) is 5.26 Å². The first-order chi connectivity index (χ1) is 8.08. The maximum atomic E-state index is 11.6. The summed E-state index contributed by atoms with van der Waals surface area (Å²) in [7, 11) is 3.45. The molecule has 1 amide bonds. The fraction of sp³-hybridized carbons (Fsp3) is 0.417. The van der Waals surface area contributed by atoms with Crippen LogP contribution < -0.4 is 4.90 Å². The molecule has 0 fully saturated rings. The Hall–Kier alpha value is -2.09. The molecule has 1 rings (SSSR count). The lowest BCUT2D eigenvalue weighted by Gasteiger charge is -2.24. The number of nitriles is 1. The molecule has 0 aliphatic rings. The van der Waals surface area contributed by atoms with E-state index >= 15 is 0 Å². The molecule has 0 aliphatic heterocycles. The Morgan fingerprint density at radius 1 is 1.53 bits per heavy atom. The molecule has 0 saturated carbocycles. The van der Waals surface area contributed by atoms with Crippen molar-refractivity contribution in [3.8, 4) is 6.07 Å². The Balaban J connectivity index is 2.87. The molecule has 0 bridgehead atoms. The molecule has 0 N–H and O–H groups in total. The topological polar surface area (TPSA) is 60.2 Å². The van der Waals surface area contributed by atoms with Crippen LogP contribution in [0.15, 0.2) is 18.3 Å². The van der Waals surface area contributed by atoms with E-state index in [9.17, 15) is 4.79 Å². The molecule has 5 heteroatoms. The van der Waals surface area contributed by atoms with Crippen LogP contribution in [0.4, 0.5) is 5.69 Å². The zero-order chi connectivity index (χ0) is 12.8. The van der Waals surface area contributed by atoms with E-state index in [1.807, 2.05) is 17.9 Å². The first kappa shape index (κ1) is 13.0. The summed E-state index contributed by atoms with van der Waals surface area (Å²) in [6, 6.07) is 5.48. The lowest BCUT2D eigenvalue weighted by molar-refractivity contribution is -0.127. The van der Waals surface area contributed by atoms with Gasteiger partial charge < -0.3 is 9.80 Å². The second-order valence-electron chi connectivity index (χ2n) is 3.81. The third-order valence-electron chi connectivity index (χ3n) is 2.43. The van der Waals surface area contributed by atoms with Gasteiger partial charge in [0.25, 0.3) is 0 Å². The molecule has 1 aromatic rings. The Kier molecular flexibility index (Phi) is 4.46. The largest absolute Gasteiger partial charge is 0.362 e. The van der Waals surface area contributed by atoms with Gasteiger partial charge in [0.15, 0.2) is 0 Å². The molecule has 0 atom stereocenters. The highest BCUT2D eigenvalue weighted by atomic mass is 16.2. The summed E-state index contributed by atoms with van der Waals surface area (Å²) >= 11 is 0. The van der Waals surface area contributed by atoms with E-state index in [1.54, 1.807) is 37.3 Å². The van der Waals surface area contributed by atoms with E-state index in [0.717, 1.165) is 5.69 Å². The molecule has 0 saturated heterocycles. The smallest absolute Gasteiger partial charge is 0.241 e. The molecule has 1 aromatic heterocycles. The maximum absolute atomic E-state index is 11.6. The van der Waals surface area contributed by atoms with Crippen LogP contribution in [-0.4, -0.2) is 43.0 Å². The second-order valence-corrected chi connectivity index (χ2v) is 3.81. The van der Waals surface area contributed by atoms with Crippen LogP contribution in [0.5, 0.6) is 0 Å². The Bertz CT molecular complexity index is 436. The van der Waals surface area contributed by atoms with E-state index in [0.29, 0.717) is 18.8 Å². The van der Waals surface area contributed by atoms with Gasteiger partial charge in [-0.25, -0.2) is 4.98 Å². The third-order valence-corrected chi connectivity index (χ3v) is 2.43. The maximum Gasteiger partial charge on any atom is 0.241 e. The standard InChI is InChI=1S/C12H16N4O/c1-4-16(9-12(17)15(2)3)11-5-6-14-10(7-11)8-13/h5-7H,4,9H2,1-3H3. The number of likely N-dealkylation sites (N-methyl/N-ethyl adjacent to an activating group) is 2. The highest BCUT2D eigenvalue weighted by Gasteiger charge is 2.11. The van der Waals surface area contributed by atoms with Gasteiger partial charge in [-0.05, 0) is 19.1 Å². The second kappa shape index (κ2) is 5.85. The van der Waals surface area contributed by atoms with Crippen LogP contribution in [-0.2, 0) is 4.79 Å². The summed E-state index contributed by atoms with van der Waals surface area (Å²) in [6.07, 6.45) is 1.58. The van der Waals surface area contributed by atoms with Gasteiger partial charge in [0.05, 0.1) is 6.54 Å². The van der Waals surface area contributed by atoms with Crippen LogP contribution >= 0.6 is 0 Å². The molecule has 0 aliphatic carbocycles. The quantitative estimate of drug-likeness (QED) is 0.772. The summed E-state index contributed by atoms with van der Waals surface area (Å²) in [6.45, 7) is 2.97. The van der Waals surface area contributed by atoms with Gasteiger partial charge in [-0.1, -0.05) is 0 Å². The molecule has 0 radical (unpaired) electrons. The summed E-state index contributed by atoms with van der Waals surface area (Å²) in [5, 5.41) is 8.78. The number of hydrogen-bond acceptors (Lipinski definition) is 4. The van der Waals surface area contributed by atoms with E-state index < -0.39 is 0 Å². The van der Waals surface area contributed by atoms with Gasteiger partial charge in [0.2, 0.25) is 5.91 Å². The van der Waals surface area contributed by atoms with Crippen LogP contribution in [0.3, 0.4) is 0 Å². The van der Waals surface area contributed by atoms with Crippen molar-refractivity contribution in [3.05, 3.63) is 24.0 Å². The van der Waals surface area contributed by atoms with Crippen LogP contribution in [0, 0.1) is 11.3 Å². The lowest BCUT2D eigenvalue weighted by atomic mass is 10.3. The van der Waals surface area contributed by atoms with Crippen molar-refractivity contribution >= 4 is 11.6 Å². The van der Waals surface area contributed by atoms with E-state index in [-0.39, 0.29) is 5.91 Å². The van der Waals surface area contributed by atoms with Crippen molar-refractivity contribution in [3.63, 3.8) is 0 Å². The fourth-order valence-electron chi connectivity index (χ4n) is 1.37. The first-order valence-electron chi connectivity index (χ1n) is 5.39. The summed E-state index contributed by atoms with van der Waals surface area (Å²) in [5.41, 5.74) is 1.20. The molecule has 5 nitrogen and oxygen atoms in total. The number of amides is 1. The lowest BCUT2D eigenvalue weighted by Crippen LogP contribution is -2.36. The number of nitrogens with zero attached hydrogens (tertiary/aromatic N) is 4. The Morgan fingerprint density at radius 3 is 2.76 bits per heavy atom. The van der Waals surface area contributed by atoms with E-state index in [1.165, 1.54) is 0 Å². The number of rotatable bonds is 4. The highest BCUT2D eigenvalue weighted by Crippen LogP contribution is 2.13. The average molecular weight is 232 g/mol. The van der Waals surface area contributed by atoms with Gasteiger partial charge in [0.1, 0.15) is 11.8 Å². The molecule has 17 heavy (non-hydrogen) atoms. The van der Waals surface area contributed by atoms with Crippen molar-refractivity contribution in [1.82, 2.24) is 9.88 Å². The molecule has 90 valence electrons. The first-order valence-corrected chi connectivity index (χ1v) is 5.39. The normalized spacial score (nSPS) is 9.53. The number of anilines is 1. The van der Waals surface area contributed by atoms with Gasteiger partial charge in [-0.2, -0.15) is 5.26 Å². The number of hydrogen-bond donors (Lipinski definition) is 0. The van der Waals surface area contributed by atoms with Gasteiger partial charge in [-0.15, -0.1) is 0 Å².